The van der Waals surface area contributed by atoms with Gasteiger partial charge in [0.2, 0.25) is 0 Å². The predicted octanol–water partition coefficient (Wildman–Crippen LogP) is 1.40. The monoisotopic (exact) mass is 223 g/mol. The molecular formula is C12H17NO3. The molecule has 1 heterocycles. The third kappa shape index (κ3) is 2.11. The Hall–Kier alpha value is -1.29. The van der Waals surface area contributed by atoms with Crippen LogP contribution in [0.4, 0.5) is 0 Å². The summed E-state index contributed by atoms with van der Waals surface area (Å²) >= 11 is 0. The molecule has 0 aliphatic heterocycles. The summed E-state index contributed by atoms with van der Waals surface area (Å²) in [7, 11) is 0. The van der Waals surface area contributed by atoms with Crippen molar-refractivity contribution >= 4 is 5.91 Å². The first-order valence-corrected chi connectivity index (χ1v) is 5.52. The lowest BCUT2D eigenvalue weighted by Crippen LogP contribution is -2.31. The smallest absolute Gasteiger partial charge is 0.287 e. The van der Waals surface area contributed by atoms with Gasteiger partial charge in [0.25, 0.3) is 5.91 Å². The molecule has 88 valence electrons. The molecular weight excluding hydrogens is 206 g/mol. The van der Waals surface area contributed by atoms with Crippen molar-refractivity contribution in [3.05, 3.63) is 23.2 Å². The number of aliphatic hydroxyl groups excluding tert-OH is 1. The van der Waals surface area contributed by atoms with Crippen LogP contribution in [0.15, 0.2) is 10.5 Å². The molecule has 1 saturated carbocycles. The lowest BCUT2D eigenvalue weighted by atomic mass is 10.1. The van der Waals surface area contributed by atoms with Crippen LogP contribution in [0.1, 0.15) is 34.7 Å². The maximum atomic E-state index is 11.7. The molecule has 4 nitrogen and oxygen atoms in total. The SMILES string of the molecule is Cc1cc(C(=O)NCC2(CO)CC2)oc1C. The lowest BCUT2D eigenvalue weighted by Gasteiger charge is -2.11. The maximum Gasteiger partial charge on any atom is 0.287 e. The molecule has 1 aliphatic rings. The van der Waals surface area contributed by atoms with Crippen molar-refractivity contribution < 1.29 is 14.3 Å². The first kappa shape index (κ1) is 11.2. The zero-order valence-electron chi connectivity index (χ0n) is 9.67. The number of carbonyl (C=O) groups excluding carboxylic acids is 1. The second-order valence-electron chi connectivity index (χ2n) is 4.69. The van der Waals surface area contributed by atoms with Crippen LogP contribution in [0.3, 0.4) is 0 Å². The zero-order valence-corrected chi connectivity index (χ0v) is 9.67. The average molecular weight is 223 g/mol. The van der Waals surface area contributed by atoms with Crippen LogP contribution in [0, 0.1) is 19.3 Å². The Morgan fingerprint density at radius 3 is 2.69 bits per heavy atom. The molecule has 0 saturated heterocycles. The quantitative estimate of drug-likeness (QED) is 0.811. The van der Waals surface area contributed by atoms with Crippen molar-refractivity contribution in [1.29, 1.82) is 0 Å². The molecule has 0 aromatic carbocycles. The first-order chi connectivity index (χ1) is 7.56. The van der Waals surface area contributed by atoms with E-state index in [0.717, 1.165) is 24.2 Å². The summed E-state index contributed by atoms with van der Waals surface area (Å²) in [5, 5.41) is 11.9. The highest BCUT2D eigenvalue weighted by atomic mass is 16.3. The van der Waals surface area contributed by atoms with Crippen molar-refractivity contribution in [2.75, 3.05) is 13.2 Å². The van der Waals surface area contributed by atoms with Gasteiger partial charge in [-0.1, -0.05) is 0 Å². The van der Waals surface area contributed by atoms with E-state index in [0.29, 0.717) is 12.3 Å². The van der Waals surface area contributed by atoms with E-state index in [9.17, 15) is 4.79 Å². The van der Waals surface area contributed by atoms with Crippen LogP contribution < -0.4 is 5.32 Å². The Balaban J connectivity index is 1.93. The summed E-state index contributed by atoms with van der Waals surface area (Å²) in [6, 6.07) is 1.74. The van der Waals surface area contributed by atoms with Crippen LogP contribution >= 0.6 is 0 Å². The highest BCUT2D eigenvalue weighted by Gasteiger charge is 2.42. The minimum absolute atomic E-state index is 0.0632. The molecule has 1 fully saturated rings. The van der Waals surface area contributed by atoms with Gasteiger partial charge in [0.15, 0.2) is 5.76 Å². The topological polar surface area (TPSA) is 62.5 Å². The predicted molar refractivity (Wildman–Crippen MR) is 59.3 cm³/mol. The highest BCUT2D eigenvalue weighted by molar-refractivity contribution is 5.91. The molecule has 0 atom stereocenters. The van der Waals surface area contributed by atoms with Crippen molar-refractivity contribution in [2.24, 2.45) is 5.41 Å². The molecule has 0 unspecified atom stereocenters. The van der Waals surface area contributed by atoms with E-state index in [-0.39, 0.29) is 17.9 Å². The first-order valence-electron chi connectivity index (χ1n) is 5.52. The molecule has 0 radical (unpaired) electrons. The van der Waals surface area contributed by atoms with E-state index < -0.39 is 0 Å². The van der Waals surface area contributed by atoms with Gasteiger partial charge in [0.1, 0.15) is 5.76 Å². The van der Waals surface area contributed by atoms with Crippen LogP contribution in [-0.2, 0) is 0 Å². The molecule has 0 bridgehead atoms. The number of carbonyl (C=O) groups is 1. The van der Waals surface area contributed by atoms with Gasteiger partial charge >= 0.3 is 0 Å². The molecule has 1 aromatic rings. The number of hydrogen-bond donors (Lipinski definition) is 2. The molecule has 1 aliphatic carbocycles. The van der Waals surface area contributed by atoms with Gasteiger partial charge in [-0.15, -0.1) is 0 Å². The summed E-state index contributed by atoms with van der Waals surface area (Å²) in [6.45, 7) is 4.42. The standard InChI is InChI=1S/C12H17NO3/c1-8-5-10(16-9(8)2)11(15)13-6-12(7-14)3-4-12/h5,14H,3-4,6-7H2,1-2H3,(H,13,15). The fourth-order valence-electron chi connectivity index (χ4n) is 1.61. The summed E-state index contributed by atoms with van der Waals surface area (Å²) in [6.07, 6.45) is 1.97. The van der Waals surface area contributed by atoms with Crippen LogP contribution in [0.2, 0.25) is 0 Å². The molecule has 0 spiro atoms. The van der Waals surface area contributed by atoms with Gasteiger partial charge in [-0.3, -0.25) is 4.79 Å². The van der Waals surface area contributed by atoms with E-state index >= 15 is 0 Å². The highest BCUT2D eigenvalue weighted by Crippen LogP contribution is 2.44. The average Bonchev–Trinajstić information content (AvgIpc) is 2.98. The Labute approximate surface area is 94.6 Å². The van der Waals surface area contributed by atoms with Crippen molar-refractivity contribution in [3.8, 4) is 0 Å². The molecule has 16 heavy (non-hydrogen) atoms. The van der Waals surface area contributed by atoms with E-state index in [1.54, 1.807) is 6.07 Å². The molecule has 2 rings (SSSR count). The molecule has 1 amide bonds. The normalized spacial score (nSPS) is 17.2. The van der Waals surface area contributed by atoms with E-state index in [4.69, 9.17) is 9.52 Å². The zero-order chi connectivity index (χ0) is 11.8. The minimum Gasteiger partial charge on any atom is -0.456 e. The van der Waals surface area contributed by atoms with Crippen LogP contribution in [-0.4, -0.2) is 24.2 Å². The van der Waals surface area contributed by atoms with Gasteiger partial charge in [-0.2, -0.15) is 0 Å². The van der Waals surface area contributed by atoms with Crippen molar-refractivity contribution in [3.63, 3.8) is 0 Å². The van der Waals surface area contributed by atoms with Crippen molar-refractivity contribution in [1.82, 2.24) is 5.32 Å². The summed E-state index contributed by atoms with van der Waals surface area (Å²) in [5.41, 5.74) is 0.917. The molecule has 2 N–H and O–H groups in total. The number of furan rings is 1. The Morgan fingerprint density at radius 2 is 2.25 bits per heavy atom. The fraction of sp³-hybridized carbons (Fsp3) is 0.583. The largest absolute Gasteiger partial charge is 0.456 e. The summed E-state index contributed by atoms with van der Waals surface area (Å²) in [5.74, 6) is 0.924. The molecule has 4 heteroatoms. The second-order valence-corrected chi connectivity index (χ2v) is 4.69. The number of amides is 1. The third-order valence-electron chi connectivity index (χ3n) is 3.31. The van der Waals surface area contributed by atoms with Gasteiger partial charge < -0.3 is 14.8 Å². The van der Waals surface area contributed by atoms with E-state index in [1.165, 1.54) is 0 Å². The lowest BCUT2D eigenvalue weighted by molar-refractivity contribution is 0.0906. The maximum absolute atomic E-state index is 11.7. The van der Waals surface area contributed by atoms with Crippen molar-refractivity contribution in [2.45, 2.75) is 26.7 Å². The van der Waals surface area contributed by atoms with Gasteiger partial charge in [0.05, 0.1) is 6.61 Å². The number of hydrogen-bond acceptors (Lipinski definition) is 3. The summed E-state index contributed by atoms with van der Waals surface area (Å²) < 4.78 is 5.32. The van der Waals surface area contributed by atoms with Crippen LogP contribution in [0.5, 0.6) is 0 Å². The number of aliphatic hydroxyl groups is 1. The van der Waals surface area contributed by atoms with Gasteiger partial charge in [-0.05, 0) is 38.3 Å². The minimum atomic E-state index is -0.198. The Morgan fingerprint density at radius 1 is 1.56 bits per heavy atom. The number of aryl methyl sites for hydroxylation is 2. The van der Waals surface area contributed by atoms with E-state index in [1.807, 2.05) is 13.8 Å². The Kier molecular flexibility index (Phi) is 2.76. The number of rotatable bonds is 4. The number of nitrogens with one attached hydrogen (secondary N) is 1. The second kappa shape index (κ2) is 3.94. The van der Waals surface area contributed by atoms with Crippen LogP contribution in [0.25, 0.3) is 0 Å². The van der Waals surface area contributed by atoms with E-state index in [2.05, 4.69) is 5.32 Å². The third-order valence-corrected chi connectivity index (χ3v) is 3.31. The molecule has 1 aromatic heterocycles. The van der Waals surface area contributed by atoms with Gasteiger partial charge in [-0.25, -0.2) is 0 Å². The van der Waals surface area contributed by atoms with Gasteiger partial charge in [0, 0.05) is 12.0 Å². The Bertz CT molecular complexity index is 385. The summed E-state index contributed by atoms with van der Waals surface area (Å²) in [4.78, 5) is 11.7. The fourth-order valence-corrected chi connectivity index (χ4v) is 1.61.